The average molecular weight is 622 g/mol. The van der Waals surface area contributed by atoms with E-state index in [1.807, 2.05) is 67.8 Å². The van der Waals surface area contributed by atoms with Crippen LogP contribution in [0.25, 0.3) is 21.9 Å². The highest BCUT2D eigenvalue weighted by Gasteiger charge is 2.45. The number of pyridine rings is 2. The van der Waals surface area contributed by atoms with Crippen molar-refractivity contribution in [2.75, 3.05) is 43.1 Å². The van der Waals surface area contributed by atoms with Crippen molar-refractivity contribution in [3.63, 3.8) is 0 Å². The predicted molar refractivity (Wildman–Crippen MR) is 179 cm³/mol. The Balaban J connectivity index is 1.17. The molecule has 10 nitrogen and oxygen atoms in total. The molecule has 0 saturated carbocycles. The molecular formula is C36H39N5O5. The van der Waals surface area contributed by atoms with Crippen molar-refractivity contribution in [3.8, 4) is 5.75 Å². The lowest BCUT2D eigenvalue weighted by Gasteiger charge is -2.27. The number of aromatic nitrogens is 2. The first-order chi connectivity index (χ1) is 22.2. The van der Waals surface area contributed by atoms with Crippen molar-refractivity contribution >= 4 is 45.1 Å². The lowest BCUT2D eigenvalue weighted by molar-refractivity contribution is -0.137. The van der Waals surface area contributed by atoms with Gasteiger partial charge in [0.25, 0.3) is 5.56 Å². The molecule has 0 unspecified atom stereocenters. The van der Waals surface area contributed by atoms with E-state index in [-0.39, 0.29) is 17.4 Å². The third-order valence-electron chi connectivity index (χ3n) is 8.80. The van der Waals surface area contributed by atoms with Gasteiger partial charge in [0.15, 0.2) is 5.58 Å². The van der Waals surface area contributed by atoms with Crippen molar-refractivity contribution in [1.82, 2.24) is 14.5 Å². The Morgan fingerprint density at radius 3 is 2.61 bits per heavy atom. The van der Waals surface area contributed by atoms with Gasteiger partial charge in [0.2, 0.25) is 11.8 Å². The normalized spacial score (nSPS) is 14.7. The monoisotopic (exact) mass is 621 g/mol. The van der Waals surface area contributed by atoms with Crippen LogP contribution in [0, 0.1) is 5.41 Å². The third kappa shape index (κ3) is 5.88. The first-order valence-electron chi connectivity index (χ1n) is 15.7. The summed E-state index contributed by atoms with van der Waals surface area (Å²) in [5, 5.41) is 1.90. The molecule has 2 amide bonds. The van der Waals surface area contributed by atoms with Gasteiger partial charge in [0, 0.05) is 69.0 Å². The van der Waals surface area contributed by atoms with E-state index in [4.69, 9.17) is 9.15 Å². The molecule has 0 radical (unpaired) electrons. The summed E-state index contributed by atoms with van der Waals surface area (Å²) in [5.41, 5.74) is 2.51. The minimum absolute atomic E-state index is 0.140. The summed E-state index contributed by atoms with van der Waals surface area (Å²) in [6.45, 7) is 8.72. The Hall–Kier alpha value is -4.96. The Morgan fingerprint density at radius 2 is 1.78 bits per heavy atom. The summed E-state index contributed by atoms with van der Waals surface area (Å²) < 4.78 is 13.3. The number of fused-ring (bicyclic) bond motifs is 3. The van der Waals surface area contributed by atoms with Crippen LogP contribution in [-0.4, -0.2) is 59.6 Å². The number of hydrogen-bond donors (Lipinski definition) is 0. The summed E-state index contributed by atoms with van der Waals surface area (Å²) in [6, 6.07) is 19.4. The largest absolute Gasteiger partial charge is 0.493 e. The van der Waals surface area contributed by atoms with E-state index in [9.17, 15) is 14.4 Å². The smallest absolute Gasteiger partial charge is 0.294 e. The number of ether oxygens (including phenoxy) is 1. The maximum Gasteiger partial charge on any atom is 0.294 e. The van der Waals surface area contributed by atoms with Gasteiger partial charge in [-0.15, -0.1) is 0 Å². The fourth-order valence-electron chi connectivity index (χ4n) is 6.17. The molecule has 5 aromatic rings. The van der Waals surface area contributed by atoms with Crippen LogP contribution in [-0.2, 0) is 22.7 Å². The van der Waals surface area contributed by atoms with Crippen LogP contribution in [0.2, 0.25) is 0 Å². The van der Waals surface area contributed by atoms with Crippen molar-refractivity contribution in [2.24, 2.45) is 5.41 Å². The van der Waals surface area contributed by atoms with E-state index in [2.05, 4.69) is 16.0 Å². The molecule has 0 N–H and O–H groups in total. The molecule has 0 spiro atoms. The number of carbonyl (C=O) groups is 2. The second-order valence-electron chi connectivity index (χ2n) is 12.2. The fraction of sp³-hybridized carbons (Fsp3) is 0.333. The van der Waals surface area contributed by atoms with Crippen molar-refractivity contribution in [2.45, 2.75) is 40.3 Å². The number of furan rings is 1. The van der Waals surface area contributed by atoms with Crippen LogP contribution >= 0.6 is 0 Å². The molecule has 6 rings (SSSR count). The number of anilines is 2. The molecule has 2 aromatic carbocycles. The molecule has 0 fully saturated rings. The number of rotatable bonds is 11. The standard InChI is InChI=1S/C36H39N5O5/c1-5-41-30-12-11-27(23-31(30)38(4)34(43)36(2,3)35(41)44)45-21-8-17-39(24-26-13-16-37-29-10-7-6-9-28(26)29)19-20-40-18-14-25-15-22-46-32(25)33(40)42/h6-7,9-16,18,22-23H,5,8,17,19-21,24H2,1-4H3. The van der Waals surface area contributed by atoms with Gasteiger partial charge in [-0.1, -0.05) is 18.2 Å². The van der Waals surface area contributed by atoms with Crippen LogP contribution in [0.15, 0.2) is 88.5 Å². The molecule has 238 valence electrons. The molecule has 3 aromatic heterocycles. The SMILES string of the molecule is CCN1C(=O)C(C)(C)C(=O)N(C)c2cc(OCCCN(CCn3ccc4ccoc4c3=O)Cc3ccnc4ccccc34)ccc21. The fourth-order valence-corrected chi connectivity index (χ4v) is 6.17. The van der Waals surface area contributed by atoms with Gasteiger partial charge in [0.1, 0.15) is 11.2 Å². The van der Waals surface area contributed by atoms with E-state index in [0.29, 0.717) is 55.5 Å². The Labute approximate surface area is 267 Å². The summed E-state index contributed by atoms with van der Waals surface area (Å²) in [6.07, 6.45) is 5.92. The van der Waals surface area contributed by atoms with Crippen LogP contribution in [0.5, 0.6) is 5.75 Å². The van der Waals surface area contributed by atoms with Gasteiger partial charge in [0.05, 0.1) is 29.8 Å². The highest BCUT2D eigenvalue weighted by Crippen LogP contribution is 2.40. The quantitative estimate of drug-likeness (QED) is 0.142. The number of amides is 2. The lowest BCUT2D eigenvalue weighted by Crippen LogP contribution is -2.47. The topological polar surface area (TPSA) is 101 Å². The number of hydrogen-bond acceptors (Lipinski definition) is 7. The number of carbonyl (C=O) groups excluding carboxylic acids is 2. The van der Waals surface area contributed by atoms with E-state index in [1.54, 1.807) is 41.3 Å². The molecule has 1 aliphatic rings. The van der Waals surface area contributed by atoms with Gasteiger partial charge in [-0.25, -0.2) is 0 Å². The van der Waals surface area contributed by atoms with Gasteiger partial charge in [-0.05, 0) is 69.2 Å². The molecular weight excluding hydrogens is 582 g/mol. The number of nitrogens with zero attached hydrogens (tertiary/aromatic N) is 5. The lowest BCUT2D eigenvalue weighted by atomic mass is 9.90. The molecule has 0 bridgehead atoms. The number of para-hydroxylation sites is 1. The van der Waals surface area contributed by atoms with Gasteiger partial charge >= 0.3 is 0 Å². The zero-order chi connectivity index (χ0) is 32.4. The zero-order valence-corrected chi connectivity index (χ0v) is 26.7. The molecule has 10 heteroatoms. The highest BCUT2D eigenvalue weighted by atomic mass is 16.5. The van der Waals surface area contributed by atoms with Gasteiger partial charge < -0.3 is 23.5 Å². The molecule has 1 aliphatic heterocycles. The van der Waals surface area contributed by atoms with E-state index >= 15 is 0 Å². The Bertz CT molecular complexity index is 1960. The maximum absolute atomic E-state index is 13.2. The van der Waals surface area contributed by atoms with Gasteiger partial charge in [-0.2, -0.15) is 0 Å². The zero-order valence-electron chi connectivity index (χ0n) is 26.7. The first-order valence-corrected chi connectivity index (χ1v) is 15.7. The number of benzene rings is 2. The maximum atomic E-state index is 13.2. The van der Waals surface area contributed by atoms with Crippen molar-refractivity contribution in [1.29, 1.82) is 0 Å². The minimum Gasteiger partial charge on any atom is -0.493 e. The third-order valence-corrected chi connectivity index (χ3v) is 8.80. The predicted octanol–water partition coefficient (Wildman–Crippen LogP) is 5.47. The summed E-state index contributed by atoms with van der Waals surface area (Å²) in [4.78, 5) is 49.5. The molecule has 46 heavy (non-hydrogen) atoms. The molecule has 0 aliphatic carbocycles. The summed E-state index contributed by atoms with van der Waals surface area (Å²) in [7, 11) is 1.70. The second-order valence-corrected chi connectivity index (χ2v) is 12.2. The van der Waals surface area contributed by atoms with Crippen LogP contribution < -0.4 is 20.1 Å². The average Bonchev–Trinajstić information content (AvgIpc) is 3.54. The second kappa shape index (κ2) is 12.8. The van der Waals surface area contributed by atoms with Crippen LogP contribution in [0.4, 0.5) is 11.4 Å². The molecule has 4 heterocycles. The summed E-state index contributed by atoms with van der Waals surface area (Å²) >= 11 is 0. The van der Waals surface area contributed by atoms with E-state index < -0.39 is 5.41 Å². The first kappa shape index (κ1) is 31.0. The van der Waals surface area contributed by atoms with Crippen LogP contribution in [0.1, 0.15) is 32.8 Å². The molecule has 0 atom stereocenters. The van der Waals surface area contributed by atoms with Crippen molar-refractivity contribution < 1.29 is 18.7 Å². The minimum atomic E-state index is -1.16. The van der Waals surface area contributed by atoms with Crippen molar-refractivity contribution in [3.05, 3.63) is 95.2 Å². The highest BCUT2D eigenvalue weighted by molar-refractivity contribution is 6.20. The van der Waals surface area contributed by atoms with E-state index in [1.165, 1.54) is 6.26 Å². The van der Waals surface area contributed by atoms with Gasteiger partial charge in [-0.3, -0.25) is 24.3 Å². The Morgan fingerprint density at radius 1 is 0.957 bits per heavy atom. The Kier molecular flexibility index (Phi) is 8.64. The van der Waals surface area contributed by atoms with Crippen LogP contribution in [0.3, 0.4) is 0 Å². The molecule has 0 saturated heterocycles. The van der Waals surface area contributed by atoms with E-state index in [0.717, 1.165) is 34.8 Å². The summed E-state index contributed by atoms with van der Waals surface area (Å²) in [5.74, 6) is 0.163.